The van der Waals surface area contributed by atoms with Crippen molar-refractivity contribution in [3.63, 3.8) is 0 Å². The Morgan fingerprint density at radius 1 is 1.50 bits per heavy atom. The van der Waals surface area contributed by atoms with Gasteiger partial charge in [-0.25, -0.2) is 4.98 Å². The van der Waals surface area contributed by atoms with E-state index in [9.17, 15) is 18.7 Å². The van der Waals surface area contributed by atoms with Gasteiger partial charge in [-0.2, -0.15) is 8.78 Å². The van der Waals surface area contributed by atoms with Crippen molar-refractivity contribution in [2.24, 2.45) is 11.3 Å². The van der Waals surface area contributed by atoms with E-state index >= 15 is 0 Å². The lowest BCUT2D eigenvalue weighted by atomic mass is 9.90. The minimum absolute atomic E-state index is 0.0178. The Balaban J connectivity index is 2.02. The zero-order valence-corrected chi connectivity index (χ0v) is 13.4. The molecule has 22 heavy (non-hydrogen) atoms. The Bertz CT molecular complexity index is 536. The van der Waals surface area contributed by atoms with Crippen LogP contribution in [0.3, 0.4) is 0 Å². The number of pyridine rings is 1. The molecule has 1 aliphatic carbocycles. The molecule has 122 valence electrons. The van der Waals surface area contributed by atoms with Crippen LogP contribution in [0.4, 0.5) is 8.78 Å². The average molecular weight is 330 g/mol. The molecule has 1 aromatic heterocycles. The van der Waals surface area contributed by atoms with E-state index in [1.807, 2.05) is 13.8 Å². The van der Waals surface area contributed by atoms with Crippen molar-refractivity contribution in [1.82, 2.24) is 10.3 Å². The lowest BCUT2D eigenvalue weighted by Crippen LogP contribution is -2.38. The SMILES string of the molecule is CC(C)[C@@H](O)C1(CNC(=O)c2cccnc2SC(F)F)CC1. The Hall–Kier alpha value is -1.21. The number of aliphatic hydroxyl groups is 1. The predicted molar refractivity (Wildman–Crippen MR) is 80.9 cm³/mol. The van der Waals surface area contributed by atoms with Gasteiger partial charge in [0.25, 0.3) is 11.7 Å². The van der Waals surface area contributed by atoms with Crippen molar-refractivity contribution < 1.29 is 18.7 Å². The molecular formula is C15H20F2N2O2S. The summed E-state index contributed by atoms with van der Waals surface area (Å²) in [5.74, 6) is -2.94. The molecule has 0 bridgehead atoms. The maximum atomic E-state index is 12.5. The molecule has 0 radical (unpaired) electrons. The Morgan fingerprint density at radius 2 is 2.18 bits per heavy atom. The lowest BCUT2D eigenvalue weighted by molar-refractivity contribution is 0.0490. The van der Waals surface area contributed by atoms with Gasteiger partial charge in [-0.1, -0.05) is 13.8 Å². The second kappa shape index (κ2) is 6.91. The zero-order chi connectivity index (χ0) is 16.3. The van der Waals surface area contributed by atoms with E-state index in [-0.39, 0.29) is 33.7 Å². The molecule has 4 nitrogen and oxygen atoms in total. The van der Waals surface area contributed by atoms with Gasteiger partial charge in [0.1, 0.15) is 5.03 Å². The average Bonchev–Trinajstić information content (AvgIpc) is 3.25. The summed E-state index contributed by atoms with van der Waals surface area (Å²) in [6.07, 6.45) is 2.62. The third kappa shape index (κ3) is 3.95. The lowest BCUT2D eigenvalue weighted by Gasteiger charge is -2.25. The van der Waals surface area contributed by atoms with Crippen LogP contribution < -0.4 is 5.32 Å². The maximum absolute atomic E-state index is 12.5. The van der Waals surface area contributed by atoms with Crippen LogP contribution in [-0.2, 0) is 0 Å². The first-order valence-electron chi connectivity index (χ1n) is 7.22. The number of hydrogen-bond donors (Lipinski definition) is 2. The molecule has 7 heteroatoms. The third-order valence-electron chi connectivity index (χ3n) is 3.97. The number of nitrogens with one attached hydrogen (secondary N) is 1. The zero-order valence-electron chi connectivity index (χ0n) is 12.6. The van der Waals surface area contributed by atoms with Gasteiger partial charge in [-0.15, -0.1) is 0 Å². The highest BCUT2D eigenvalue weighted by Gasteiger charge is 2.49. The number of alkyl halides is 2. The highest BCUT2D eigenvalue weighted by Crippen LogP contribution is 2.50. The quantitative estimate of drug-likeness (QED) is 0.755. The molecule has 1 aliphatic rings. The van der Waals surface area contributed by atoms with E-state index in [0.29, 0.717) is 6.54 Å². The van der Waals surface area contributed by atoms with E-state index in [1.54, 1.807) is 6.07 Å². The molecule has 0 spiro atoms. The molecule has 2 N–H and O–H groups in total. The van der Waals surface area contributed by atoms with Gasteiger partial charge in [0.15, 0.2) is 0 Å². The van der Waals surface area contributed by atoms with E-state index in [0.717, 1.165) is 12.8 Å². The summed E-state index contributed by atoms with van der Waals surface area (Å²) in [4.78, 5) is 16.1. The molecule has 1 saturated carbocycles. The van der Waals surface area contributed by atoms with Crippen LogP contribution in [0.2, 0.25) is 0 Å². The molecule has 1 atom stereocenters. The van der Waals surface area contributed by atoms with Crippen LogP contribution in [0.25, 0.3) is 0 Å². The molecule has 0 unspecified atom stereocenters. The molecule has 1 amide bonds. The molecule has 0 aliphatic heterocycles. The normalized spacial score (nSPS) is 17.6. The molecule has 1 fully saturated rings. The summed E-state index contributed by atoms with van der Waals surface area (Å²) in [6, 6.07) is 3.02. The summed E-state index contributed by atoms with van der Waals surface area (Å²) in [5, 5.41) is 13.0. The molecule has 0 aromatic carbocycles. The van der Waals surface area contributed by atoms with Crippen LogP contribution in [0.15, 0.2) is 23.4 Å². The van der Waals surface area contributed by atoms with Crippen LogP contribution in [0, 0.1) is 11.3 Å². The minimum atomic E-state index is -2.63. The summed E-state index contributed by atoms with van der Waals surface area (Å²) in [7, 11) is 0. The van der Waals surface area contributed by atoms with Gasteiger partial charge >= 0.3 is 0 Å². The first kappa shape index (κ1) is 17.1. The maximum Gasteiger partial charge on any atom is 0.290 e. The number of aliphatic hydroxyl groups excluding tert-OH is 1. The minimum Gasteiger partial charge on any atom is -0.392 e. The number of hydrogen-bond acceptors (Lipinski definition) is 4. The van der Waals surface area contributed by atoms with Crippen LogP contribution in [-0.4, -0.2) is 34.4 Å². The van der Waals surface area contributed by atoms with Gasteiger partial charge in [0.05, 0.1) is 11.7 Å². The first-order chi connectivity index (χ1) is 10.4. The molecule has 2 rings (SSSR count). The van der Waals surface area contributed by atoms with Crippen molar-refractivity contribution in [3.8, 4) is 0 Å². The standard InChI is InChI=1S/C15H20F2N2O2S/c1-9(2)11(20)15(5-6-15)8-19-12(21)10-4-3-7-18-13(10)22-14(16)17/h3-4,7,9,11,14,20H,5-6,8H2,1-2H3,(H,19,21)/t11-/m1/s1. The van der Waals surface area contributed by atoms with Crippen molar-refractivity contribution in [3.05, 3.63) is 23.9 Å². The molecule has 1 heterocycles. The Morgan fingerprint density at radius 3 is 2.73 bits per heavy atom. The highest BCUT2D eigenvalue weighted by atomic mass is 32.2. The Kier molecular flexibility index (Phi) is 5.39. The fourth-order valence-electron chi connectivity index (χ4n) is 2.54. The predicted octanol–water partition coefficient (Wildman–Crippen LogP) is 2.92. The number of halogens is 2. The number of aromatic nitrogens is 1. The smallest absolute Gasteiger partial charge is 0.290 e. The molecule has 1 aromatic rings. The fraction of sp³-hybridized carbons (Fsp3) is 0.600. The number of amides is 1. The second-order valence-electron chi connectivity index (χ2n) is 5.97. The fourth-order valence-corrected chi connectivity index (χ4v) is 3.12. The van der Waals surface area contributed by atoms with Gasteiger partial charge in [0, 0.05) is 18.2 Å². The largest absolute Gasteiger partial charge is 0.392 e. The third-order valence-corrected chi connectivity index (χ3v) is 4.70. The van der Waals surface area contributed by atoms with Gasteiger partial charge < -0.3 is 10.4 Å². The Labute approximate surface area is 132 Å². The van der Waals surface area contributed by atoms with E-state index in [4.69, 9.17) is 0 Å². The van der Waals surface area contributed by atoms with Gasteiger partial charge in [-0.05, 0) is 42.7 Å². The first-order valence-corrected chi connectivity index (χ1v) is 8.10. The number of thioether (sulfide) groups is 1. The topological polar surface area (TPSA) is 62.2 Å². The van der Waals surface area contributed by atoms with E-state index in [1.165, 1.54) is 12.3 Å². The number of rotatable bonds is 7. The van der Waals surface area contributed by atoms with Crippen molar-refractivity contribution in [2.45, 2.75) is 43.6 Å². The highest BCUT2D eigenvalue weighted by molar-refractivity contribution is 7.99. The molecule has 0 saturated heterocycles. The van der Waals surface area contributed by atoms with E-state index in [2.05, 4.69) is 10.3 Å². The van der Waals surface area contributed by atoms with Crippen LogP contribution in [0.5, 0.6) is 0 Å². The summed E-state index contributed by atoms with van der Waals surface area (Å²) in [6.45, 7) is 4.22. The van der Waals surface area contributed by atoms with Crippen molar-refractivity contribution >= 4 is 17.7 Å². The van der Waals surface area contributed by atoms with Gasteiger partial charge in [0.2, 0.25) is 0 Å². The number of carbonyl (C=O) groups is 1. The summed E-state index contributed by atoms with van der Waals surface area (Å²) < 4.78 is 25.0. The van der Waals surface area contributed by atoms with Crippen molar-refractivity contribution in [2.75, 3.05) is 6.54 Å². The van der Waals surface area contributed by atoms with E-state index < -0.39 is 17.8 Å². The van der Waals surface area contributed by atoms with Gasteiger partial charge in [-0.3, -0.25) is 4.79 Å². The number of nitrogens with zero attached hydrogens (tertiary/aromatic N) is 1. The number of carbonyl (C=O) groups excluding carboxylic acids is 1. The monoisotopic (exact) mass is 330 g/mol. The van der Waals surface area contributed by atoms with Crippen molar-refractivity contribution in [1.29, 1.82) is 0 Å². The molecular weight excluding hydrogens is 310 g/mol. The van der Waals surface area contributed by atoms with Crippen LogP contribution >= 0.6 is 11.8 Å². The summed E-state index contributed by atoms with van der Waals surface area (Å²) in [5.41, 5.74) is -0.134. The second-order valence-corrected chi connectivity index (χ2v) is 6.95. The summed E-state index contributed by atoms with van der Waals surface area (Å²) >= 11 is 0.259. The van der Waals surface area contributed by atoms with Crippen LogP contribution in [0.1, 0.15) is 37.0 Å².